The summed E-state index contributed by atoms with van der Waals surface area (Å²) in [7, 11) is 0. The SMILES string of the molecule is Nc1ncccc1CCCC(Cl)c1ccccc1. The molecule has 0 aliphatic heterocycles. The number of nitrogens with zero attached hydrogens (tertiary/aromatic N) is 1. The Kier molecular flexibility index (Phi) is 4.59. The Morgan fingerprint density at radius 2 is 1.89 bits per heavy atom. The Balaban J connectivity index is 1.84. The quantitative estimate of drug-likeness (QED) is 0.827. The van der Waals surface area contributed by atoms with Crippen molar-refractivity contribution in [1.29, 1.82) is 0 Å². The van der Waals surface area contributed by atoms with Gasteiger partial charge in [0.15, 0.2) is 0 Å². The molecule has 0 spiro atoms. The minimum Gasteiger partial charge on any atom is -0.383 e. The van der Waals surface area contributed by atoms with Gasteiger partial charge in [-0.2, -0.15) is 0 Å². The zero-order valence-electron chi connectivity index (χ0n) is 10.2. The summed E-state index contributed by atoms with van der Waals surface area (Å²) in [6.45, 7) is 0. The first kappa shape index (κ1) is 12.9. The van der Waals surface area contributed by atoms with Crippen molar-refractivity contribution < 1.29 is 0 Å². The molecule has 0 aliphatic carbocycles. The van der Waals surface area contributed by atoms with Crippen LogP contribution in [0.4, 0.5) is 5.82 Å². The lowest BCUT2D eigenvalue weighted by atomic mass is 10.0. The first-order valence-corrected chi connectivity index (χ1v) is 6.59. The lowest BCUT2D eigenvalue weighted by molar-refractivity contribution is 0.716. The molecule has 0 amide bonds. The lowest BCUT2D eigenvalue weighted by Crippen LogP contribution is -1.98. The van der Waals surface area contributed by atoms with Gasteiger partial charge in [0.1, 0.15) is 5.82 Å². The van der Waals surface area contributed by atoms with E-state index in [1.54, 1.807) is 6.20 Å². The van der Waals surface area contributed by atoms with Crippen molar-refractivity contribution >= 4 is 17.4 Å². The van der Waals surface area contributed by atoms with Crippen LogP contribution in [0.15, 0.2) is 48.7 Å². The fourth-order valence-corrected chi connectivity index (χ4v) is 2.26. The van der Waals surface area contributed by atoms with E-state index in [9.17, 15) is 0 Å². The molecule has 2 nitrogen and oxygen atoms in total. The number of aromatic nitrogens is 1. The third kappa shape index (κ3) is 3.47. The third-order valence-corrected chi connectivity index (χ3v) is 3.46. The van der Waals surface area contributed by atoms with Gasteiger partial charge in [0, 0.05) is 6.20 Å². The van der Waals surface area contributed by atoms with E-state index in [2.05, 4.69) is 17.1 Å². The molecular weight excluding hydrogens is 244 g/mol. The fraction of sp³-hybridized carbons (Fsp3) is 0.267. The predicted molar refractivity (Wildman–Crippen MR) is 76.6 cm³/mol. The van der Waals surface area contributed by atoms with Crippen molar-refractivity contribution in [1.82, 2.24) is 4.98 Å². The van der Waals surface area contributed by atoms with Crippen molar-refractivity contribution in [2.24, 2.45) is 0 Å². The summed E-state index contributed by atoms with van der Waals surface area (Å²) in [5, 5.41) is 0.0732. The van der Waals surface area contributed by atoms with E-state index >= 15 is 0 Å². The van der Waals surface area contributed by atoms with Gasteiger partial charge in [-0.15, -0.1) is 11.6 Å². The van der Waals surface area contributed by atoms with Crippen LogP contribution in [-0.2, 0) is 6.42 Å². The molecule has 2 aromatic rings. The minimum atomic E-state index is 0.0732. The molecule has 0 aliphatic rings. The van der Waals surface area contributed by atoms with E-state index in [1.165, 1.54) is 5.56 Å². The lowest BCUT2D eigenvalue weighted by Gasteiger charge is -2.10. The van der Waals surface area contributed by atoms with Gasteiger partial charge in [-0.25, -0.2) is 4.98 Å². The second-order valence-electron chi connectivity index (χ2n) is 4.32. The molecule has 2 rings (SSSR count). The van der Waals surface area contributed by atoms with Crippen LogP contribution >= 0.6 is 11.6 Å². The number of anilines is 1. The topological polar surface area (TPSA) is 38.9 Å². The first-order valence-electron chi connectivity index (χ1n) is 6.16. The number of nitrogens with two attached hydrogens (primary N) is 1. The maximum absolute atomic E-state index is 6.37. The van der Waals surface area contributed by atoms with E-state index in [4.69, 9.17) is 17.3 Å². The predicted octanol–water partition coefficient (Wildman–Crippen LogP) is 3.97. The maximum atomic E-state index is 6.37. The first-order chi connectivity index (χ1) is 8.77. The number of benzene rings is 1. The molecule has 1 aromatic heterocycles. The normalized spacial score (nSPS) is 12.3. The zero-order chi connectivity index (χ0) is 12.8. The molecule has 1 aromatic carbocycles. The summed E-state index contributed by atoms with van der Waals surface area (Å²) in [4.78, 5) is 4.08. The molecule has 0 radical (unpaired) electrons. The summed E-state index contributed by atoms with van der Waals surface area (Å²) in [6, 6.07) is 14.1. The molecule has 1 atom stereocenters. The van der Waals surface area contributed by atoms with Crippen LogP contribution in [0, 0.1) is 0 Å². The Morgan fingerprint density at radius 1 is 1.11 bits per heavy atom. The third-order valence-electron chi connectivity index (χ3n) is 2.99. The van der Waals surface area contributed by atoms with Gasteiger partial charge in [0.25, 0.3) is 0 Å². The van der Waals surface area contributed by atoms with E-state index in [1.807, 2.05) is 30.3 Å². The van der Waals surface area contributed by atoms with E-state index in [-0.39, 0.29) is 5.38 Å². The molecular formula is C15H17ClN2. The molecule has 0 bridgehead atoms. The smallest absolute Gasteiger partial charge is 0.126 e. The average molecular weight is 261 g/mol. The second-order valence-corrected chi connectivity index (χ2v) is 4.85. The second kappa shape index (κ2) is 6.41. The Bertz CT molecular complexity index is 485. The van der Waals surface area contributed by atoms with Crippen molar-refractivity contribution in [2.45, 2.75) is 24.6 Å². The number of rotatable bonds is 5. The van der Waals surface area contributed by atoms with Crippen LogP contribution < -0.4 is 5.73 Å². The highest BCUT2D eigenvalue weighted by Crippen LogP contribution is 2.26. The molecule has 0 fully saturated rings. The van der Waals surface area contributed by atoms with Crippen LogP contribution in [0.3, 0.4) is 0 Å². The van der Waals surface area contributed by atoms with E-state index < -0.39 is 0 Å². The zero-order valence-corrected chi connectivity index (χ0v) is 11.0. The van der Waals surface area contributed by atoms with Crippen molar-refractivity contribution in [3.8, 4) is 0 Å². The summed E-state index contributed by atoms with van der Waals surface area (Å²) >= 11 is 6.37. The fourth-order valence-electron chi connectivity index (χ4n) is 1.96. The standard InChI is InChI=1S/C15H17ClN2/c16-14(12-6-2-1-3-7-12)10-4-8-13-9-5-11-18-15(13)17/h1-3,5-7,9,11,14H,4,8,10H2,(H2,17,18). The van der Waals surface area contributed by atoms with Crippen LogP contribution in [0.1, 0.15) is 29.3 Å². The number of hydrogen-bond donors (Lipinski definition) is 1. The Morgan fingerprint density at radius 3 is 2.61 bits per heavy atom. The summed E-state index contributed by atoms with van der Waals surface area (Å²) in [6.07, 6.45) is 4.60. The Labute approximate surface area is 113 Å². The largest absolute Gasteiger partial charge is 0.383 e. The van der Waals surface area contributed by atoms with E-state index in [0.717, 1.165) is 24.8 Å². The number of alkyl halides is 1. The molecule has 3 heteroatoms. The van der Waals surface area contributed by atoms with Crippen molar-refractivity contribution in [3.05, 3.63) is 59.8 Å². The van der Waals surface area contributed by atoms with Gasteiger partial charge in [-0.1, -0.05) is 36.4 Å². The number of aryl methyl sites for hydroxylation is 1. The highest BCUT2D eigenvalue weighted by Gasteiger charge is 2.07. The van der Waals surface area contributed by atoms with Gasteiger partial charge < -0.3 is 5.73 Å². The van der Waals surface area contributed by atoms with Gasteiger partial charge in [0.05, 0.1) is 5.38 Å². The monoisotopic (exact) mass is 260 g/mol. The average Bonchev–Trinajstić information content (AvgIpc) is 2.42. The molecule has 0 saturated heterocycles. The van der Waals surface area contributed by atoms with Crippen LogP contribution in [0.5, 0.6) is 0 Å². The minimum absolute atomic E-state index is 0.0732. The van der Waals surface area contributed by atoms with Gasteiger partial charge in [0.2, 0.25) is 0 Å². The number of hydrogen-bond acceptors (Lipinski definition) is 2. The maximum Gasteiger partial charge on any atom is 0.126 e. The van der Waals surface area contributed by atoms with E-state index in [0.29, 0.717) is 5.82 Å². The molecule has 18 heavy (non-hydrogen) atoms. The van der Waals surface area contributed by atoms with Crippen molar-refractivity contribution in [2.75, 3.05) is 5.73 Å². The molecule has 2 N–H and O–H groups in total. The number of pyridine rings is 1. The molecule has 1 heterocycles. The Hall–Kier alpha value is -1.54. The highest BCUT2D eigenvalue weighted by atomic mass is 35.5. The van der Waals surface area contributed by atoms with Gasteiger partial charge >= 0.3 is 0 Å². The van der Waals surface area contributed by atoms with Crippen LogP contribution in [0.25, 0.3) is 0 Å². The molecule has 94 valence electrons. The molecule has 1 unspecified atom stereocenters. The van der Waals surface area contributed by atoms with Crippen molar-refractivity contribution in [3.63, 3.8) is 0 Å². The number of halogens is 1. The highest BCUT2D eigenvalue weighted by molar-refractivity contribution is 6.20. The molecule has 0 saturated carbocycles. The van der Waals surface area contributed by atoms with Crippen LogP contribution in [-0.4, -0.2) is 4.98 Å². The summed E-state index contributed by atoms with van der Waals surface area (Å²) < 4.78 is 0. The summed E-state index contributed by atoms with van der Waals surface area (Å²) in [5.74, 6) is 0.628. The number of nitrogen functional groups attached to an aromatic ring is 1. The van der Waals surface area contributed by atoms with Gasteiger partial charge in [-0.3, -0.25) is 0 Å². The van der Waals surface area contributed by atoms with Gasteiger partial charge in [-0.05, 0) is 36.5 Å². The van der Waals surface area contributed by atoms with Crippen LogP contribution in [0.2, 0.25) is 0 Å². The summed E-state index contributed by atoms with van der Waals surface area (Å²) in [5.41, 5.74) is 8.09.